The first-order chi connectivity index (χ1) is 15.9. The lowest BCUT2D eigenvalue weighted by atomic mass is 10.1. The second-order valence-electron chi connectivity index (χ2n) is 7.22. The number of pyridine rings is 1. The molecular formula is C21H19ClFN7O3. The van der Waals surface area contributed by atoms with Crippen molar-refractivity contribution in [1.29, 1.82) is 0 Å². The number of hydrogen-bond donors (Lipinski definition) is 1. The summed E-state index contributed by atoms with van der Waals surface area (Å²) in [5.74, 6) is -1.27. The van der Waals surface area contributed by atoms with E-state index in [4.69, 9.17) is 11.6 Å². The lowest BCUT2D eigenvalue weighted by Gasteiger charge is -2.35. The molecule has 0 atom stereocenters. The first kappa shape index (κ1) is 22.3. The number of aromatic nitrogens is 4. The third-order valence-corrected chi connectivity index (χ3v) is 5.42. The lowest BCUT2D eigenvalue weighted by molar-refractivity contribution is -0.131. The van der Waals surface area contributed by atoms with Gasteiger partial charge in [0.2, 0.25) is 5.91 Å². The summed E-state index contributed by atoms with van der Waals surface area (Å²) >= 11 is 6.01. The van der Waals surface area contributed by atoms with Crippen molar-refractivity contribution in [2.45, 2.75) is 0 Å². The molecule has 1 saturated heterocycles. The average Bonchev–Trinajstić information content (AvgIpc) is 3.34. The number of rotatable bonds is 5. The van der Waals surface area contributed by atoms with Crippen LogP contribution in [-0.4, -0.2) is 80.2 Å². The Balaban J connectivity index is 1.27. The van der Waals surface area contributed by atoms with Crippen molar-refractivity contribution >= 4 is 29.3 Å². The predicted molar refractivity (Wildman–Crippen MR) is 115 cm³/mol. The van der Waals surface area contributed by atoms with Gasteiger partial charge in [0.25, 0.3) is 11.8 Å². The molecule has 3 heterocycles. The molecule has 1 aliphatic heterocycles. The molecule has 0 bridgehead atoms. The van der Waals surface area contributed by atoms with Gasteiger partial charge in [0, 0.05) is 32.4 Å². The van der Waals surface area contributed by atoms with E-state index in [-0.39, 0.29) is 54.9 Å². The van der Waals surface area contributed by atoms with Crippen LogP contribution in [0.1, 0.15) is 20.8 Å². The van der Waals surface area contributed by atoms with E-state index in [1.807, 2.05) is 0 Å². The maximum Gasteiger partial charge on any atom is 0.273 e. The van der Waals surface area contributed by atoms with Crippen LogP contribution < -0.4 is 5.32 Å². The Morgan fingerprint density at radius 2 is 1.82 bits per heavy atom. The van der Waals surface area contributed by atoms with E-state index in [0.29, 0.717) is 5.82 Å². The van der Waals surface area contributed by atoms with Gasteiger partial charge < -0.3 is 15.1 Å². The quantitative estimate of drug-likeness (QED) is 0.597. The van der Waals surface area contributed by atoms with Crippen molar-refractivity contribution in [3.63, 3.8) is 0 Å². The van der Waals surface area contributed by atoms with Crippen LogP contribution in [0.3, 0.4) is 0 Å². The fourth-order valence-corrected chi connectivity index (χ4v) is 3.52. The third-order valence-electron chi connectivity index (χ3n) is 5.09. The summed E-state index contributed by atoms with van der Waals surface area (Å²) in [4.78, 5) is 44.6. The van der Waals surface area contributed by atoms with E-state index in [1.165, 1.54) is 27.9 Å². The number of nitrogens with zero attached hydrogens (tertiary/aromatic N) is 6. The van der Waals surface area contributed by atoms with Crippen LogP contribution in [0.15, 0.2) is 48.8 Å². The van der Waals surface area contributed by atoms with Crippen LogP contribution in [0.25, 0.3) is 5.82 Å². The third kappa shape index (κ3) is 5.14. The van der Waals surface area contributed by atoms with E-state index in [1.54, 1.807) is 29.3 Å². The van der Waals surface area contributed by atoms with E-state index < -0.39 is 17.6 Å². The van der Waals surface area contributed by atoms with E-state index in [2.05, 4.69) is 20.6 Å². The van der Waals surface area contributed by atoms with Crippen molar-refractivity contribution in [2.24, 2.45) is 0 Å². The number of carbonyl (C=O) groups excluding carboxylic acids is 3. The standard InChI is InChI=1S/C21H19ClFN7O3/c22-16-5-4-14(23)11-15(16)21(33)29-9-7-28(8-10-29)19(31)12-25-20(32)17-13-30(27-26-17)18-3-1-2-6-24-18/h1-6,11,13H,7-10,12H2,(H,25,32). The van der Waals surface area contributed by atoms with Gasteiger partial charge in [0.15, 0.2) is 11.5 Å². The molecular weight excluding hydrogens is 453 g/mol. The zero-order valence-corrected chi connectivity index (χ0v) is 18.1. The Bertz CT molecular complexity index is 1180. The molecule has 1 aromatic carbocycles. The van der Waals surface area contributed by atoms with Gasteiger partial charge >= 0.3 is 0 Å². The lowest BCUT2D eigenvalue weighted by Crippen LogP contribution is -2.52. The Morgan fingerprint density at radius 1 is 1.06 bits per heavy atom. The Morgan fingerprint density at radius 3 is 2.55 bits per heavy atom. The fourth-order valence-electron chi connectivity index (χ4n) is 3.32. The first-order valence-corrected chi connectivity index (χ1v) is 10.4. The van der Waals surface area contributed by atoms with Crippen molar-refractivity contribution in [1.82, 2.24) is 35.1 Å². The molecule has 3 amide bonds. The number of carbonyl (C=O) groups is 3. The highest BCUT2D eigenvalue weighted by atomic mass is 35.5. The Labute approximate surface area is 192 Å². The molecule has 0 unspecified atom stereocenters. The van der Waals surface area contributed by atoms with Crippen LogP contribution in [0, 0.1) is 5.82 Å². The van der Waals surface area contributed by atoms with Crippen molar-refractivity contribution < 1.29 is 18.8 Å². The van der Waals surface area contributed by atoms with Crippen LogP contribution in [0.4, 0.5) is 4.39 Å². The largest absolute Gasteiger partial charge is 0.342 e. The summed E-state index contributed by atoms with van der Waals surface area (Å²) in [5.41, 5.74) is 0.137. The number of hydrogen-bond acceptors (Lipinski definition) is 6. The molecule has 4 rings (SSSR count). The maximum atomic E-state index is 13.5. The molecule has 0 spiro atoms. The molecule has 1 fully saturated rings. The second kappa shape index (κ2) is 9.74. The molecule has 0 aliphatic carbocycles. The summed E-state index contributed by atoms with van der Waals surface area (Å²) in [7, 11) is 0. The summed E-state index contributed by atoms with van der Waals surface area (Å²) < 4.78 is 14.8. The topological polar surface area (TPSA) is 113 Å². The second-order valence-corrected chi connectivity index (χ2v) is 7.62. The zero-order chi connectivity index (χ0) is 23.4. The number of piperazine rings is 1. The monoisotopic (exact) mass is 471 g/mol. The van der Waals surface area contributed by atoms with Gasteiger partial charge in [-0.05, 0) is 30.3 Å². The molecule has 1 N–H and O–H groups in total. The summed E-state index contributed by atoms with van der Waals surface area (Å²) in [5, 5.41) is 10.4. The SMILES string of the molecule is O=C(NCC(=O)N1CCN(C(=O)c2cc(F)ccc2Cl)CC1)c1cn(-c2ccccn2)nn1. The van der Waals surface area contributed by atoms with Gasteiger partial charge in [-0.3, -0.25) is 14.4 Å². The number of amides is 3. The highest BCUT2D eigenvalue weighted by Crippen LogP contribution is 2.20. The first-order valence-electron chi connectivity index (χ1n) is 10.1. The van der Waals surface area contributed by atoms with E-state index >= 15 is 0 Å². The van der Waals surface area contributed by atoms with Crippen LogP contribution in [-0.2, 0) is 4.79 Å². The van der Waals surface area contributed by atoms with Crippen molar-refractivity contribution in [3.8, 4) is 5.82 Å². The minimum absolute atomic E-state index is 0.0517. The predicted octanol–water partition coefficient (Wildman–Crippen LogP) is 1.17. The minimum Gasteiger partial charge on any atom is -0.342 e. The highest BCUT2D eigenvalue weighted by Gasteiger charge is 2.26. The number of halogens is 2. The minimum atomic E-state index is -0.549. The van der Waals surface area contributed by atoms with Gasteiger partial charge in [-0.25, -0.2) is 14.1 Å². The molecule has 33 heavy (non-hydrogen) atoms. The summed E-state index contributed by atoms with van der Waals surface area (Å²) in [6.07, 6.45) is 3.01. The average molecular weight is 472 g/mol. The number of nitrogens with one attached hydrogen (secondary N) is 1. The van der Waals surface area contributed by atoms with Crippen LogP contribution in [0.2, 0.25) is 5.02 Å². The number of benzene rings is 1. The maximum absolute atomic E-state index is 13.5. The van der Waals surface area contributed by atoms with E-state index in [9.17, 15) is 18.8 Å². The van der Waals surface area contributed by atoms with Crippen molar-refractivity contribution in [3.05, 3.63) is 70.9 Å². The summed E-state index contributed by atoms with van der Waals surface area (Å²) in [6.45, 7) is 0.874. The molecule has 12 heteroatoms. The van der Waals surface area contributed by atoms with Crippen LogP contribution >= 0.6 is 11.6 Å². The van der Waals surface area contributed by atoms with E-state index in [0.717, 1.165) is 6.07 Å². The smallest absolute Gasteiger partial charge is 0.273 e. The molecule has 170 valence electrons. The molecule has 0 saturated carbocycles. The Hall–Kier alpha value is -3.86. The van der Waals surface area contributed by atoms with Gasteiger partial charge in [0.05, 0.1) is 23.3 Å². The molecule has 2 aromatic heterocycles. The van der Waals surface area contributed by atoms with Gasteiger partial charge in [-0.2, -0.15) is 0 Å². The van der Waals surface area contributed by atoms with Crippen molar-refractivity contribution in [2.75, 3.05) is 32.7 Å². The molecule has 10 nitrogen and oxygen atoms in total. The van der Waals surface area contributed by atoms with Gasteiger partial charge in [0.1, 0.15) is 5.82 Å². The molecule has 0 radical (unpaired) electrons. The Kier molecular flexibility index (Phi) is 6.59. The van der Waals surface area contributed by atoms with Gasteiger partial charge in [-0.1, -0.05) is 22.9 Å². The highest BCUT2D eigenvalue weighted by molar-refractivity contribution is 6.33. The fraction of sp³-hybridized carbons (Fsp3) is 0.238. The zero-order valence-electron chi connectivity index (χ0n) is 17.3. The summed E-state index contributed by atoms with van der Waals surface area (Å²) in [6, 6.07) is 8.87. The molecule has 3 aromatic rings. The normalized spacial score (nSPS) is 13.6. The van der Waals surface area contributed by atoms with Gasteiger partial charge in [-0.15, -0.1) is 5.10 Å². The molecule has 1 aliphatic rings. The van der Waals surface area contributed by atoms with Crippen LogP contribution in [0.5, 0.6) is 0 Å².